The third-order valence-electron chi connectivity index (χ3n) is 3.18. The van der Waals surface area contributed by atoms with Gasteiger partial charge < -0.3 is 10.5 Å². The smallest absolute Gasteiger partial charge is 0.260 e. The molecule has 1 aromatic heterocycles. The van der Waals surface area contributed by atoms with Crippen LogP contribution in [0.4, 0.5) is 0 Å². The van der Waals surface area contributed by atoms with Crippen LogP contribution in [0.1, 0.15) is 24.6 Å². The maximum absolute atomic E-state index is 12.2. The van der Waals surface area contributed by atoms with Crippen molar-refractivity contribution in [1.29, 1.82) is 0 Å². The lowest BCUT2D eigenvalue weighted by Gasteiger charge is -2.15. The van der Waals surface area contributed by atoms with Crippen molar-refractivity contribution in [2.75, 3.05) is 6.61 Å². The van der Waals surface area contributed by atoms with Crippen LogP contribution in [-0.2, 0) is 21.3 Å². The predicted molar refractivity (Wildman–Crippen MR) is 65.4 cm³/mol. The molecule has 4 N–H and O–H groups in total. The number of ether oxygens (including phenoxy) is 1. The van der Waals surface area contributed by atoms with E-state index in [4.69, 9.17) is 10.5 Å². The molecule has 0 aromatic carbocycles. The number of aromatic amines is 1. The second kappa shape index (κ2) is 4.96. The van der Waals surface area contributed by atoms with Crippen molar-refractivity contribution < 1.29 is 13.2 Å². The molecule has 2 unspecified atom stereocenters. The van der Waals surface area contributed by atoms with Gasteiger partial charge in [-0.2, -0.15) is 5.10 Å². The normalized spacial score (nSPS) is 24.6. The topological polar surface area (TPSA) is 110 Å². The van der Waals surface area contributed by atoms with Crippen molar-refractivity contribution in [3.8, 4) is 0 Å². The summed E-state index contributed by atoms with van der Waals surface area (Å²) < 4.78 is 32.4. The number of aromatic nitrogens is 2. The maximum atomic E-state index is 12.2. The molecule has 1 aliphatic heterocycles. The highest BCUT2D eigenvalue weighted by molar-refractivity contribution is 7.89. The largest absolute Gasteiger partial charge is 0.377 e. The van der Waals surface area contributed by atoms with Crippen LogP contribution in [0.3, 0.4) is 0 Å². The monoisotopic (exact) mass is 274 g/mol. The minimum Gasteiger partial charge on any atom is -0.377 e. The first-order chi connectivity index (χ1) is 8.45. The Hall–Kier alpha value is -0.960. The number of aryl methyl sites for hydroxylation is 1. The standard InChI is InChI=1S/C10H18N4O3S/c1-6-8(5-11)10(13-12-6)18(15,16)14-9-3-4-17-7(9)2/h7,9,14H,3-5,11H2,1-2H3,(H,12,13). The minimum atomic E-state index is -3.65. The minimum absolute atomic E-state index is 0.0124. The lowest BCUT2D eigenvalue weighted by Crippen LogP contribution is -2.39. The SMILES string of the molecule is Cc1[nH]nc(S(=O)(=O)NC2CCOC2C)c1CN. The number of nitrogens with zero attached hydrogens (tertiary/aromatic N) is 1. The van der Waals surface area contributed by atoms with Crippen LogP contribution in [0.25, 0.3) is 0 Å². The number of sulfonamides is 1. The maximum Gasteiger partial charge on any atom is 0.260 e. The van der Waals surface area contributed by atoms with Crippen LogP contribution < -0.4 is 10.5 Å². The van der Waals surface area contributed by atoms with Crippen molar-refractivity contribution >= 4 is 10.0 Å². The Morgan fingerprint density at radius 3 is 2.89 bits per heavy atom. The highest BCUT2D eigenvalue weighted by Gasteiger charge is 2.31. The first kappa shape index (κ1) is 13.5. The number of hydrogen-bond acceptors (Lipinski definition) is 5. The van der Waals surface area contributed by atoms with Gasteiger partial charge in [0.25, 0.3) is 10.0 Å². The number of nitrogens with one attached hydrogen (secondary N) is 2. The van der Waals surface area contributed by atoms with Crippen LogP contribution in [0.5, 0.6) is 0 Å². The van der Waals surface area contributed by atoms with Gasteiger partial charge in [0.15, 0.2) is 5.03 Å². The fourth-order valence-electron chi connectivity index (χ4n) is 2.03. The summed E-state index contributed by atoms with van der Waals surface area (Å²) >= 11 is 0. The van der Waals surface area contributed by atoms with Crippen LogP contribution in [0, 0.1) is 6.92 Å². The summed E-state index contributed by atoms with van der Waals surface area (Å²) in [5.74, 6) is 0. The number of rotatable bonds is 4. The number of nitrogens with two attached hydrogens (primary N) is 1. The third kappa shape index (κ3) is 2.41. The number of hydrogen-bond donors (Lipinski definition) is 3. The van der Waals surface area contributed by atoms with Gasteiger partial charge in [-0.15, -0.1) is 0 Å². The van der Waals surface area contributed by atoms with E-state index in [0.717, 1.165) is 0 Å². The zero-order chi connectivity index (χ0) is 13.3. The van der Waals surface area contributed by atoms with Gasteiger partial charge in [-0.1, -0.05) is 0 Å². The second-order valence-electron chi connectivity index (χ2n) is 4.43. The van der Waals surface area contributed by atoms with Crippen molar-refractivity contribution in [3.63, 3.8) is 0 Å². The Balaban J connectivity index is 2.25. The Morgan fingerprint density at radius 1 is 1.61 bits per heavy atom. The Bertz CT molecular complexity index is 525. The van der Waals surface area contributed by atoms with Crippen molar-refractivity contribution in [3.05, 3.63) is 11.3 Å². The molecule has 0 saturated carbocycles. The molecule has 7 nitrogen and oxygen atoms in total. The van der Waals surface area contributed by atoms with E-state index < -0.39 is 10.0 Å². The molecule has 0 radical (unpaired) electrons. The van der Waals surface area contributed by atoms with E-state index in [-0.39, 0.29) is 23.7 Å². The molecule has 0 bridgehead atoms. The van der Waals surface area contributed by atoms with E-state index in [1.165, 1.54) is 0 Å². The van der Waals surface area contributed by atoms with Gasteiger partial charge in [0.2, 0.25) is 0 Å². The fourth-order valence-corrected chi connectivity index (χ4v) is 3.58. The van der Waals surface area contributed by atoms with E-state index in [1.54, 1.807) is 6.92 Å². The van der Waals surface area contributed by atoms with Crippen LogP contribution in [0.15, 0.2) is 5.03 Å². The summed E-state index contributed by atoms with van der Waals surface area (Å²) in [6, 6.07) is -0.211. The molecule has 0 spiro atoms. The quantitative estimate of drug-likeness (QED) is 0.694. The fraction of sp³-hybridized carbons (Fsp3) is 0.700. The molecule has 8 heteroatoms. The van der Waals surface area contributed by atoms with Crippen LogP contribution >= 0.6 is 0 Å². The molecule has 2 rings (SSSR count). The van der Waals surface area contributed by atoms with Gasteiger partial charge >= 0.3 is 0 Å². The molecule has 2 heterocycles. The summed E-state index contributed by atoms with van der Waals surface area (Å²) in [6.45, 7) is 4.29. The summed E-state index contributed by atoms with van der Waals surface area (Å²) in [5.41, 5.74) is 6.75. The van der Waals surface area contributed by atoms with E-state index >= 15 is 0 Å². The molecule has 0 amide bonds. The molecule has 18 heavy (non-hydrogen) atoms. The summed E-state index contributed by atoms with van der Waals surface area (Å²) in [4.78, 5) is 0. The third-order valence-corrected chi connectivity index (χ3v) is 4.64. The average Bonchev–Trinajstić information content (AvgIpc) is 2.86. The molecule has 1 saturated heterocycles. The van der Waals surface area contributed by atoms with Gasteiger partial charge in [-0.3, -0.25) is 5.10 Å². The zero-order valence-corrected chi connectivity index (χ0v) is 11.3. The van der Waals surface area contributed by atoms with Crippen molar-refractivity contribution in [2.24, 2.45) is 5.73 Å². The van der Waals surface area contributed by atoms with Gasteiger partial charge in [0.1, 0.15) is 0 Å². The van der Waals surface area contributed by atoms with Crippen molar-refractivity contribution in [1.82, 2.24) is 14.9 Å². The molecular formula is C10H18N4O3S. The second-order valence-corrected chi connectivity index (χ2v) is 6.06. The average molecular weight is 274 g/mol. The molecule has 0 aliphatic carbocycles. The predicted octanol–water partition coefficient (Wildman–Crippen LogP) is -0.367. The first-order valence-electron chi connectivity index (χ1n) is 5.83. The Labute approximate surface area is 106 Å². The number of H-pyrrole nitrogens is 1. The summed E-state index contributed by atoms with van der Waals surface area (Å²) in [5, 5.41) is 6.47. The summed E-state index contributed by atoms with van der Waals surface area (Å²) in [6.07, 6.45) is 0.544. The molecule has 1 aromatic rings. The molecule has 102 valence electrons. The van der Waals surface area contributed by atoms with E-state index in [9.17, 15) is 8.42 Å². The van der Waals surface area contributed by atoms with Gasteiger partial charge in [-0.25, -0.2) is 13.1 Å². The van der Waals surface area contributed by atoms with Gasteiger partial charge in [0, 0.05) is 24.4 Å². The zero-order valence-electron chi connectivity index (χ0n) is 10.4. The van der Waals surface area contributed by atoms with E-state index in [0.29, 0.717) is 24.3 Å². The highest BCUT2D eigenvalue weighted by atomic mass is 32.2. The summed E-state index contributed by atoms with van der Waals surface area (Å²) in [7, 11) is -3.65. The van der Waals surface area contributed by atoms with Gasteiger partial charge in [-0.05, 0) is 20.3 Å². The lowest BCUT2D eigenvalue weighted by atomic mass is 10.2. The molecule has 2 atom stereocenters. The molecule has 1 fully saturated rings. The highest BCUT2D eigenvalue weighted by Crippen LogP contribution is 2.19. The van der Waals surface area contributed by atoms with Crippen molar-refractivity contribution in [2.45, 2.75) is 44.0 Å². The van der Waals surface area contributed by atoms with Crippen LogP contribution in [0.2, 0.25) is 0 Å². The first-order valence-corrected chi connectivity index (χ1v) is 7.32. The lowest BCUT2D eigenvalue weighted by molar-refractivity contribution is 0.117. The van der Waals surface area contributed by atoms with E-state index in [1.807, 2.05) is 6.92 Å². The Kier molecular flexibility index (Phi) is 3.71. The van der Waals surface area contributed by atoms with E-state index in [2.05, 4.69) is 14.9 Å². The molecular weight excluding hydrogens is 256 g/mol. The molecule has 1 aliphatic rings. The Morgan fingerprint density at radius 2 is 2.33 bits per heavy atom. The van der Waals surface area contributed by atoms with Gasteiger partial charge in [0.05, 0.1) is 12.1 Å². The van der Waals surface area contributed by atoms with Crippen LogP contribution in [-0.4, -0.2) is 37.4 Å².